The molecule has 1 rings (SSSR count). The Bertz CT molecular complexity index is 491. The van der Waals surface area contributed by atoms with Crippen LogP contribution in [0.4, 0.5) is 4.79 Å². The van der Waals surface area contributed by atoms with Crippen molar-refractivity contribution in [3.05, 3.63) is 20.8 Å². The van der Waals surface area contributed by atoms with Crippen molar-refractivity contribution in [3.63, 3.8) is 0 Å². The number of carbonyl (C=O) groups is 3. The van der Waals surface area contributed by atoms with Crippen molar-refractivity contribution in [1.29, 1.82) is 0 Å². The van der Waals surface area contributed by atoms with Crippen LogP contribution >= 0.6 is 27.3 Å². The average molecular weight is 350 g/mol. The van der Waals surface area contributed by atoms with Gasteiger partial charge >= 0.3 is 12.0 Å². The second kappa shape index (κ2) is 7.10. The van der Waals surface area contributed by atoms with E-state index in [9.17, 15) is 14.4 Å². The van der Waals surface area contributed by atoms with E-state index in [1.807, 2.05) is 11.4 Å². The number of amides is 3. The number of nitrogens with two attached hydrogens (primary N) is 1. The Morgan fingerprint density at radius 3 is 2.63 bits per heavy atom. The van der Waals surface area contributed by atoms with Crippen molar-refractivity contribution in [2.24, 2.45) is 5.73 Å². The van der Waals surface area contributed by atoms with Gasteiger partial charge in [-0.1, -0.05) is 0 Å². The molecule has 0 saturated carbocycles. The molecular formula is C10H12BrN3O4S. The maximum absolute atomic E-state index is 11.5. The quantitative estimate of drug-likeness (QED) is 0.601. The van der Waals surface area contributed by atoms with Gasteiger partial charge in [0.25, 0.3) is 0 Å². The monoisotopic (exact) mass is 349 g/mol. The van der Waals surface area contributed by atoms with E-state index < -0.39 is 30.4 Å². The molecule has 0 unspecified atom stereocenters. The maximum atomic E-state index is 11.5. The van der Waals surface area contributed by atoms with Crippen LogP contribution in [0.3, 0.4) is 0 Å². The van der Waals surface area contributed by atoms with Gasteiger partial charge in [-0.25, -0.2) is 9.59 Å². The van der Waals surface area contributed by atoms with Crippen LogP contribution in [0.25, 0.3) is 0 Å². The predicted octanol–water partition coefficient (Wildman–Crippen LogP) is 0.638. The Balaban J connectivity index is 2.44. The van der Waals surface area contributed by atoms with Crippen LogP contribution in [0.15, 0.2) is 15.9 Å². The number of carboxylic acids is 1. The average Bonchev–Trinajstić information content (AvgIpc) is 2.71. The molecule has 0 bridgehead atoms. The first kappa shape index (κ1) is 15.4. The number of carboxylic acid groups (broad SMARTS) is 1. The first-order chi connectivity index (χ1) is 8.88. The summed E-state index contributed by atoms with van der Waals surface area (Å²) in [5, 5.41) is 15.3. The fourth-order valence-corrected chi connectivity index (χ4v) is 2.62. The van der Waals surface area contributed by atoms with Crippen LogP contribution in [-0.2, 0) is 16.1 Å². The third-order valence-corrected chi connectivity index (χ3v) is 3.75. The molecule has 0 fully saturated rings. The van der Waals surface area contributed by atoms with Crippen molar-refractivity contribution in [2.75, 3.05) is 0 Å². The number of nitrogens with one attached hydrogen (secondary N) is 2. The summed E-state index contributed by atoms with van der Waals surface area (Å²) in [6.45, 7) is 0.269. The zero-order chi connectivity index (χ0) is 14.4. The van der Waals surface area contributed by atoms with Crippen LogP contribution in [0.5, 0.6) is 0 Å². The SMILES string of the molecule is NC(=O)C[C@H](NC(=O)NCc1cc(Br)cs1)C(=O)O. The molecule has 0 radical (unpaired) electrons. The Labute approximate surface area is 121 Å². The van der Waals surface area contributed by atoms with Gasteiger partial charge < -0.3 is 21.5 Å². The third kappa shape index (κ3) is 5.71. The molecule has 5 N–H and O–H groups in total. The number of rotatable bonds is 6. The number of hydrogen-bond donors (Lipinski definition) is 4. The molecule has 0 aliphatic carbocycles. The van der Waals surface area contributed by atoms with Crippen LogP contribution < -0.4 is 16.4 Å². The second-order valence-electron chi connectivity index (χ2n) is 3.62. The number of carbonyl (C=O) groups excluding carboxylic acids is 2. The molecule has 7 nitrogen and oxygen atoms in total. The summed E-state index contributed by atoms with van der Waals surface area (Å²) < 4.78 is 0.909. The van der Waals surface area contributed by atoms with E-state index in [2.05, 4.69) is 26.6 Å². The fourth-order valence-electron chi connectivity index (χ4n) is 1.22. The van der Waals surface area contributed by atoms with Crippen LogP contribution in [0.2, 0.25) is 0 Å². The predicted molar refractivity (Wildman–Crippen MR) is 72.6 cm³/mol. The topological polar surface area (TPSA) is 122 Å². The van der Waals surface area contributed by atoms with E-state index in [0.29, 0.717) is 0 Å². The van der Waals surface area contributed by atoms with Crippen molar-refractivity contribution in [2.45, 2.75) is 19.0 Å². The second-order valence-corrected chi connectivity index (χ2v) is 5.53. The molecule has 104 valence electrons. The number of thiophene rings is 1. The smallest absolute Gasteiger partial charge is 0.326 e. The molecular weight excluding hydrogens is 338 g/mol. The summed E-state index contributed by atoms with van der Waals surface area (Å²) in [4.78, 5) is 33.8. The molecule has 1 aromatic heterocycles. The van der Waals surface area contributed by atoms with Crippen LogP contribution in [-0.4, -0.2) is 29.1 Å². The molecule has 1 aromatic rings. The molecule has 1 atom stereocenters. The third-order valence-electron chi connectivity index (χ3n) is 2.05. The number of primary amides is 1. The Kier molecular flexibility index (Phi) is 5.77. The Morgan fingerprint density at radius 1 is 1.47 bits per heavy atom. The highest BCUT2D eigenvalue weighted by Crippen LogP contribution is 2.19. The highest BCUT2D eigenvalue weighted by Gasteiger charge is 2.21. The van der Waals surface area contributed by atoms with Crippen molar-refractivity contribution in [1.82, 2.24) is 10.6 Å². The molecule has 0 aromatic carbocycles. The molecule has 3 amide bonds. The molecule has 19 heavy (non-hydrogen) atoms. The van der Waals surface area contributed by atoms with Gasteiger partial charge in [-0.3, -0.25) is 4.79 Å². The van der Waals surface area contributed by atoms with E-state index in [0.717, 1.165) is 9.35 Å². The van der Waals surface area contributed by atoms with E-state index in [-0.39, 0.29) is 6.54 Å². The molecule has 0 aliphatic rings. The van der Waals surface area contributed by atoms with Gasteiger partial charge in [0.05, 0.1) is 13.0 Å². The minimum atomic E-state index is -1.33. The highest BCUT2D eigenvalue weighted by atomic mass is 79.9. The maximum Gasteiger partial charge on any atom is 0.326 e. The number of hydrogen-bond acceptors (Lipinski definition) is 4. The summed E-state index contributed by atoms with van der Waals surface area (Å²) in [6, 6.07) is -0.158. The molecule has 0 spiro atoms. The molecule has 1 heterocycles. The van der Waals surface area contributed by atoms with Gasteiger partial charge in [-0.15, -0.1) is 11.3 Å². The lowest BCUT2D eigenvalue weighted by atomic mass is 10.2. The highest BCUT2D eigenvalue weighted by molar-refractivity contribution is 9.10. The van der Waals surface area contributed by atoms with Crippen LogP contribution in [0, 0.1) is 0 Å². The Morgan fingerprint density at radius 2 is 2.16 bits per heavy atom. The summed E-state index contributed by atoms with van der Waals surface area (Å²) in [6.07, 6.45) is -0.451. The van der Waals surface area contributed by atoms with Gasteiger partial charge in [0.2, 0.25) is 5.91 Å². The molecule has 0 saturated heterocycles. The number of urea groups is 1. The lowest BCUT2D eigenvalue weighted by molar-refractivity contribution is -0.140. The van der Waals surface area contributed by atoms with Gasteiger partial charge in [0, 0.05) is 14.7 Å². The zero-order valence-corrected chi connectivity index (χ0v) is 12.1. The Hall–Kier alpha value is -1.61. The zero-order valence-electron chi connectivity index (χ0n) is 9.68. The van der Waals surface area contributed by atoms with E-state index in [1.165, 1.54) is 11.3 Å². The lowest BCUT2D eigenvalue weighted by Crippen LogP contribution is -2.47. The van der Waals surface area contributed by atoms with Gasteiger partial charge in [-0.2, -0.15) is 0 Å². The largest absolute Gasteiger partial charge is 0.480 e. The minimum Gasteiger partial charge on any atom is -0.480 e. The molecule has 9 heteroatoms. The van der Waals surface area contributed by atoms with E-state index in [1.54, 1.807) is 0 Å². The number of halogens is 1. The van der Waals surface area contributed by atoms with Gasteiger partial charge in [0.15, 0.2) is 0 Å². The first-order valence-electron chi connectivity index (χ1n) is 5.17. The van der Waals surface area contributed by atoms with E-state index in [4.69, 9.17) is 10.8 Å². The van der Waals surface area contributed by atoms with Crippen molar-refractivity contribution in [3.8, 4) is 0 Å². The summed E-state index contributed by atoms with van der Waals surface area (Å²) in [7, 11) is 0. The lowest BCUT2D eigenvalue weighted by Gasteiger charge is -2.13. The summed E-state index contributed by atoms with van der Waals surface area (Å²) in [5.74, 6) is -2.11. The van der Waals surface area contributed by atoms with Crippen LogP contribution in [0.1, 0.15) is 11.3 Å². The normalized spacial score (nSPS) is 11.6. The van der Waals surface area contributed by atoms with Gasteiger partial charge in [-0.05, 0) is 22.0 Å². The number of aliphatic carboxylic acids is 1. The standard InChI is InChI=1S/C10H12BrN3O4S/c11-5-1-6(19-4-5)3-13-10(18)14-7(9(16)17)2-8(12)15/h1,4,7H,2-3H2,(H2,12,15)(H,16,17)(H2,13,14,18)/t7-/m0/s1. The van der Waals surface area contributed by atoms with Gasteiger partial charge in [0.1, 0.15) is 6.04 Å². The van der Waals surface area contributed by atoms with E-state index >= 15 is 0 Å². The first-order valence-corrected chi connectivity index (χ1v) is 6.84. The summed E-state index contributed by atoms with van der Waals surface area (Å²) >= 11 is 4.73. The molecule has 0 aliphatic heterocycles. The van der Waals surface area contributed by atoms with Crippen molar-refractivity contribution >= 4 is 45.2 Å². The fraction of sp³-hybridized carbons (Fsp3) is 0.300. The van der Waals surface area contributed by atoms with Crippen molar-refractivity contribution < 1.29 is 19.5 Å². The minimum absolute atomic E-state index is 0.269. The summed E-state index contributed by atoms with van der Waals surface area (Å²) in [5.41, 5.74) is 4.90.